The van der Waals surface area contributed by atoms with Gasteiger partial charge in [0.1, 0.15) is 0 Å². The Balaban J connectivity index is 1.99. The van der Waals surface area contributed by atoms with Crippen molar-refractivity contribution in [3.63, 3.8) is 0 Å². The van der Waals surface area contributed by atoms with E-state index in [1.165, 1.54) is 20.3 Å². The number of benzene rings is 2. The summed E-state index contributed by atoms with van der Waals surface area (Å²) in [6.07, 6.45) is 0. The van der Waals surface area contributed by atoms with Gasteiger partial charge in [0, 0.05) is 17.0 Å². The molecule has 2 aromatic carbocycles. The van der Waals surface area contributed by atoms with Crippen molar-refractivity contribution in [3.8, 4) is 17.2 Å². The smallest absolute Gasteiger partial charge is 0.336 e. The van der Waals surface area contributed by atoms with Crippen LogP contribution < -0.4 is 19.8 Å². The van der Waals surface area contributed by atoms with Crippen molar-refractivity contribution in [1.82, 2.24) is 0 Å². The first kappa shape index (κ1) is 16.6. The monoisotopic (exact) mass is 340 g/mol. The van der Waals surface area contributed by atoms with Crippen molar-refractivity contribution in [2.75, 3.05) is 20.8 Å². The highest BCUT2D eigenvalue weighted by molar-refractivity contribution is 5.97. The minimum atomic E-state index is -0.512. The molecule has 0 saturated carbocycles. The average molecular weight is 340 g/mol. The number of rotatable bonds is 6. The maximum Gasteiger partial charge on any atom is 0.336 e. The third-order valence-electron chi connectivity index (χ3n) is 3.65. The predicted molar refractivity (Wildman–Crippen MR) is 91.9 cm³/mol. The number of hydrogen-bond acceptors (Lipinski definition) is 6. The van der Waals surface area contributed by atoms with Gasteiger partial charge in [-0.3, -0.25) is 4.79 Å². The number of fused-ring (bicyclic) bond motifs is 1. The van der Waals surface area contributed by atoms with Crippen LogP contribution in [0.5, 0.6) is 17.2 Å². The van der Waals surface area contributed by atoms with Crippen LogP contribution in [0.3, 0.4) is 0 Å². The third-order valence-corrected chi connectivity index (χ3v) is 3.65. The van der Waals surface area contributed by atoms with Gasteiger partial charge in [-0.05, 0) is 12.1 Å². The summed E-state index contributed by atoms with van der Waals surface area (Å²) in [5.74, 6) is 0.586. The summed E-state index contributed by atoms with van der Waals surface area (Å²) >= 11 is 0. The molecular weight excluding hydrogens is 324 g/mol. The number of hydrogen-bond donors (Lipinski definition) is 0. The molecule has 0 saturated heterocycles. The van der Waals surface area contributed by atoms with Gasteiger partial charge in [0.2, 0.25) is 11.5 Å². The molecule has 128 valence electrons. The van der Waals surface area contributed by atoms with Crippen LogP contribution in [0.15, 0.2) is 57.7 Å². The molecule has 0 aliphatic heterocycles. The maximum absolute atomic E-state index is 12.3. The van der Waals surface area contributed by atoms with Gasteiger partial charge in [-0.25, -0.2) is 4.79 Å². The Morgan fingerprint density at radius 2 is 1.76 bits per heavy atom. The van der Waals surface area contributed by atoms with Crippen LogP contribution in [0.4, 0.5) is 0 Å². The summed E-state index contributed by atoms with van der Waals surface area (Å²) in [6.45, 7) is -0.209. The molecule has 0 aliphatic carbocycles. The molecule has 0 fully saturated rings. The van der Waals surface area contributed by atoms with Crippen LogP contribution in [0.1, 0.15) is 10.4 Å². The number of ketones is 1. The van der Waals surface area contributed by atoms with Crippen molar-refractivity contribution in [2.45, 2.75) is 0 Å². The van der Waals surface area contributed by atoms with Crippen LogP contribution in [0.2, 0.25) is 0 Å². The standard InChI is InChI=1S/C19H16O6/c1-22-15-10-13-8-9-16(21)25-17(13)19(23-2)18(15)24-11-14(20)12-6-4-3-5-7-12/h3-10H,11H2,1-2H3. The van der Waals surface area contributed by atoms with Gasteiger partial charge in [0.15, 0.2) is 23.7 Å². The molecule has 6 heteroatoms. The van der Waals surface area contributed by atoms with Gasteiger partial charge in [-0.15, -0.1) is 0 Å². The topological polar surface area (TPSA) is 75.0 Å². The first-order chi connectivity index (χ1) is 12.1. The lowest BCUT2D eigenvalue weighted by atomic mass is 10.1. The number of carbonyl (C=O) groups is 1. The summed E-state index contributed by atoms with van der Waals surface area (Å²) in [7, 11) is 2.90. The van der Waals surface area contributed by atoms with Crippen LogP contribution >= 0.6 is 0 Å². The SMILES string of the molecule is COc1cc2ccc(=O)oc2c(OC)c1OCC(=O)c1ccccc1. The first-order valence-corrected chi connectivity index (χ1v) is 7.54. The zero-order valence-electron chi connectivity index (χ0n) is 13.8. The zero-order chi connectivity index (χ0) is 17.8. The lowest BCUT2D eigenvalue weighted by molar-refractivity contribution is 0.0917. The first-order valence-electron chi connectivity index (χ1n) is 7.54. The lowest BCUT2D eigenvalue weighted by Gasteiger charge is -2.15. The fraction of sp³-hybridized carbons (Fsp3) is 0.158. The Hall–Kier alpha value is -3.28. The van der Waals surface area contributed by atoms with E-state index in [1.54, 1.807) is 36.4 Å². The second kappa shape index (κ2) is 7.09. The quantitative estimate of drug-likeness (QED) is 0.507. The lowest BCUT2D eigenvalue weighted by Crippen LogP contribution is -2.12. The van der Waals surface area contributed by atoms with Crippen molar-refractivity contribution < 1.29 is 23.4 Å². The Morgan fingerprint density at radius 3 is 2.44 bits per heavy atom. The summed E-state index contributed by atoms with van der Waals surface area (Å²) in [6, 6.07) is 13.4. The van der Waals surface area contributed by atoms with Gasteiger partial charge in [0.05, 0.1) is 14.2 Å². The van der Waals surface area contributed by atoms with E-state index in [-0.39, 0.29) is 29.5 Å². The second-order valence-corrected chi connectivity index (χ2v) is 5.19. The third kappa shape index (κ3) is 3.33. The van der Waals surface area contributed by atoms with Gasteiger partial charge in [-0.2, -0.15) is 0 Å². The van der Waals surface area contributed by atoms with Gasteiger partial charge in [-0.1, -0.05) is 30.3 Å². The summed E-state index contributed by atoms with van der Waals surface area (Å²) in [5.41, 5.74) is 0.257. The van der Waals surface area contributed by atoms with Crippen molar-refractivity contribution in [2.24, 2.45) is 0 Å². The Bertz CT molecular complexity index is 959. The van der Waals surface area contributed by atoms with Crippen LogP contribution in [-0.2, 0) is 0 Å². The highest BCUT2D eigenvalue weighted by Gasteiger charge is 2.20. The van der Waals surface area contributed by atoms with E-state index in [9.17, 15) is 9.59 Å². The van der Waals surface area contributed by atoms with Crippen molar-refractivity contribution in [3.05, 3.63) is 64.5 Å². The minimum absolute atomic E-state index is 0.195. The highest BCUT2D eigenvalue weighted by atomic mass is 16.5. The summed E-state index contributed by atoms with van der Waals surface area (Å²) in [4.78, 5) is 23.8. The molecule has 6 nitrogen and oxygen atoms in total. The highest BCUT2D eigenvalue weighted by Crippen LogP contribution is 2.43. The van der Waals surface area contributed by atoms with Gasteiger partial charge < -0.3 is 18.6 Å². The molecule has 1 aromatic heterocycles. The van der Waals surface area contributed by atoms with Gasteiger partial charge in [0.25, 0.3) is 0 Å². The molecule has 3 aromatic rings. The zero-order valence-corrected chi connectivity index (χ0v) is 13.8. The molecule has 1 heterocycles. The van der Waals surface area contributed by atoms with E-state index >= 15 is 0 Å². The Labute approximate surface area is 143 Å². The van der Waals surface area contributed by atoms with Crippen LogP contribution in [0, 0.1) is 0 Å². The molecule has 0 unspecified atom stereocenters. The van der Waals surface area contributed by atoms with Crippen molar-refractivity contribution in [1.29, 1.82) is 0 Å². The van der Waals surface area contributed by atoms with Gasteiger partial charge >= 0.3 is 5.63 Å². The fourth-order valence-electron chi connectivity index (χ4n) is 2.46. The van der Waals surface area contributed by atoms with E-state index in [4.69, 9.17) is 18.6 Å². The van der Waals surface area contributed by atoms with E-state index in [0.717, 1.165) is 0 Å². The Kier molecular flexibility index (Phi) is 4.70. The molecule has 0 amide bonds. The molecule has 0 atom stereocenters. The number of methoxy groups -OCH3 is 2. The molecule has 0 N–H and O–H groups in total. The van der Waals surface area contributed by atoms with E-state index < -0.39 is 5.63 Å². The molecule has 0 aliphatic rings. The van der Waals surface area contributed by atoms with Crippen LogP contribution in [-0.4, -0.2) is 26.6 Å². The number of Topliss-reactive ketones (excluding diaryl/α,β-unsaturated/α-hetero) is 1. The number of ether oxygens (including phenoxy) is 3. The predicted octanol–water partition coefficient (Wildman–Crippen LogP) is 3.07. The summed E-state index contributed by atoms with van der Waals surface area (Å²) in [5, 5.41) is 0.620. The average Bonchev–Trinajstić information content (AvgIpc) is 2.65. The van der Waals surface area contributed by atoms with E-state index in [0.29, 0.717) is 16.7 Å². The number of carbonyl (C=O) groups excluding carboxylic acids is 1. The fourth-order valence-corrected chi connectivity index (χ4v) is 2.46. The maximum atomic E-state index is 12.3. The molecule has 0 radical (unpaired) electrons. The molecule has 25 heavy (non-hydrogen) atoms. The molecular formula is C19H16O6. The largest absolute Gasteiger partial charge is 0.493 e. The Morgan fingerprint density at radius 1 is 1.00 bits per heavy atom. The van der Waals surface area contributed by atoms with E-state index in [1.807, 2.05) is 6.07 Å². The second-order valence-electron chi connectivity index (χ2n) is 5.19. The molecule has 3 rings (SSSR count). The van der Waals surface area contributed by atoms with Crippen molar-refractivity contribution >= 4 is 16.8 Å². The minimum Gasteiger partial charge on any atom is -0.493 e. The molecule has 0 bridgehead atoms. The normalized spacial score (nSPS) is 10.5. The summed E-state index contributed by atoms with van der Waals surface area (Å²) < 4.78 is 21.5. The molecule has 0 spiro atoms. The van der Waals surface area contributed by atoms with E-state index in [2.05, 4.69) is 0 Å². The van der Waals surface area contributed by atoms with Crippen LogP contribution in [0.25, 0.3) is 11.0 Å².